The molecule has 0 bridgehead atoms. The first-order chi connectivity index (χ1) is 12.7. The maximum atomic E-state index is 12.3. The van der Waals surface area contributed by atoms with Gasteiger partial charge in [-0.3, -0.25) is 14.4 Å². The van der Waals surface area contributed by atoms with Gasteiger partial charge < -0.3 is 5.11 Å². The topological polar surface area (TPSA) is 54.6 Å². The lowest BCUT2D eigenvalue weighted by atomic mass is 10.0. The molecular formula is C21H18N2O2S. The molecule has 0 unspecified atom stereocenters. The van der Waals surface area contributed by atoms with Crippen LogP contribution < -0.4 is 4.87 Å². The molecule has 0 spiro atoms. The molecule has 26 heavy (non-hydrogen) atoms. The minimum Gasteiger partial charge on any atom is -0.493 e. The first kappa shape index (κ1) is 16.5. The second kappa shape index (κ2) is 6.77. The van der Waals surface area contributed by atoms with E-state index in [1.54, 1.807) is 6.21 Å². The molecular weight excluding hydrogens is 344 g/mol. The SMILES string of the molecule is CCc1cccc2c1N=C/C2=C\c1sc(=O)n(Cc2ccccc2)c1O. The number of aromatic nitrogens is 1. The van der Waals surface area contributed by atoms with E-state index in [0.717, 1.165) is 40.1 Å². The van der Waals surface area contributed by atoms with Crippen LogP contribution in [-0.4, -0.2) is 15.9 Å². The number of aliphatic imine (C=N–C) groups is 1. The van der Waals surface area contributed by atoms with Crippen LogP contribution in [0.3, 0.4) is 0 Å². The average Bonchev–Trinajstić information content (AvgIpc) is 3.19. The van der Waals surface area contributed by atoms with Gasteiger partial charge in [0.2, 0.25) is 5.88 Å². The highest BCUT2D eigenvalue weighted by Crippen LogP contribution is 2.37. The molecule has 1 aliphatic heterocycles. The molecule has 0 aliphatic carbocycles. The van der Waals surface area contributed by atoms with Gasteiger partial charge in [0.15, 0.2) is 0 Å². The molecule has 0 fully saturated rings. The molecule has 4 rings (SSSR count). The minimum absolute atomic E-state index is 0.00449. The van der Waals surface area contributed by atoms with E-state index in [1.807, 2.05) is 48.5 Å². The van der Waals surface area contributed by atoms with Gasteiger partial charge in [-0.05, 0) is 23.6 Å². The summed E-state index contributed by atoms with van der Waals surface area (Å²) >= 11 is 1.05. The second-order valence-corrected chi connectivity index (χ2v) is 7.15. The molecule has 2 aromatic carbocycles. The Morgan fingerprint density at radius 3 is 2.73 bits per heavy atom. The van der Waals surface area contributed by atoms with Crippen molar-refractivity contribution in [2.45, 2.75) is 19.9 Å². The summed E-state index contributed by atoms with van der Waals surface area (Å²) in [5, 5.41) is 10.6. The van der Waals surface area contributed by atoms with Crippen LogP contribution in [0.15, 0.2) is 58.3 Å². The Hall–Kier alpha value is -2.92. The number of allylic oxidation sites excluding steroid dienone is 1. The van der Waals surface area contributed by atoms with E-state index >= 15 is 0 Å². The lowest BCUT2D eigenvalue weighted by molar-refractivity contribution is 0.420. The molecule has 130 valence electrons. The Balaban J connectivity index is 1.72. The lowest BCUT2D eigenvalue weighted by Crippen LogP contribution is -2.13. The number of hydrogen-bond donors (Lipinski definition) is 1. The van der Waals surface area contributed by atoms with E-state index in [0.29, 0.717) is 11.4 Å². The zero-order valence-electron chi connectivity index (χ0n) is 14.3. The fraction of sp³-hybridized carbons (Fsp3) is 0.143. The van der Waals surface area contributed by atoms with Crippen LogP contribution >= 0.6 is 11.3 Å². The molecule has 0 radical (unpaired) electrons. The molecule has 1 aromatic heterocycles. The molecule has 0 atom stereocenters. The average molecular weight is 362 g/mol. The van der Waals surface area contributed by atoms with Crippen LogP contribution in [0, 0.1) is 0 Å². The number of nitrogens with zero attached hydrogens (tertiary/aromatic N) is 2. The molecule has 0 amide bonds. The van der Waals surface area contributed by atoms with Crippen molar-refractivity contribution in [1.29, 1.82) is 0 Å². The van der Waals surface area contributed by atoms with Crippen molar-refractivity contribution in [1.82, 2.24) is 4.57 Å². The third-order valence-electron chi connectivity index (χ3n) is 4.51. The van der Waals surface area contributed by atoms with Crippen LogP contribution in [0.4, 0.5) is 5.69 Å². The molecule has 4 nitrogen and oxygen atoms in total. The van der Waals surface area contributed by atoms with E-state index in [1.165, 1.54) is 10.1 Å². The molecule has 0 saturated heterocycles. The van der Waals surface area contributed by atoms with Crippen LogP contribution in [-0.2, 0) is 13.0 Å². The number of hydrogen-bond acceptors (Lipinski definition) is 4. The van der Waals surface area contributed by atoms with Crippen LogP contribution in [0.2, 0.25) is 0 Å². The van der Waals surface area contributed by atoms with E-state index in [-0.39, 0.29) is 10.8 Å². The second-order valence-electron chi connectivity index (χ2n) is 6.15. The van der Waals surface area contributed by atoms with Gasteiger partial charge in [-0.2, -0.15) is 0 Å². The van der Waals surface area contributed by atoms with Crippen molar-refractivity contribution in [2.24, 2.45) is 4.99 Å². The smallest absolute Gasteiger partial charge is 0.310 e. The lowest BCUT2D eigenvalue weighted by Gasteiger charge is -2.05. The molecule has 1 N–H and O–H groups in total. The Bertz CT molecular complexity index is 1080. The van der Waals surface area contributed by atoms with E-state index in [9.17, 15) is 9.90 Å². The zero-order chi connectivity index (χ0) is 18.1. The number of aryl methyl sites for hydroxylation is 1. The summed E-state index contributed by atoms with van der Waals surface area (Å²) in [6.07, 6.45) is 4.56. The van der Waals surface area contributed by atoms with Crippen LogP contribution in [0.5, 0.6) is 5.88 Å². The summed E-state index contributed by atoms with van der Waals surface area (Å²) < 4.78 is 1.40. The minimum atomic E-state index is -0.171. The predicted molar refractivity (Wildman–Crippen MR) is 108 cm³/mol. The molecule has 0 saturated carbocycles. The van der Waals surface area contributed by atoms with Gasteiger partial charge in [-0.25, -0.2) is 0 Å². The summed E-state index contributed by atoms with van der Waals surface area (Å²) in [7, 11) is 0. The van der Waals surface area contributed by atoms with Crippen LogP contribution in [0.25, 0.3) is 11.6 Å². The number of rotatable bonds is 4. The Morgan fingerprint density at radius 2 is 1.96 bits per heavy atom. The summed E-state index contributed by atoms with van der Waals surface area (Å²) in [6, 6.07) is 15.8. The maximum Gasteiger partial charge on any atom is 0.310 e. The number of fused-ring (bicyclic) bond motifs is 1. The highest BCUT2D eigenvalue weighted by molar-refractivity contribution is 7.10. The van der Waals surface area contributed by atoms with Crippen molar-refractivity contribution in [3.63, 3.8) is 0 Å². The molecule has 5 heteroatoms. The third kappa shape index (κ3) is 2.91. The van der Waals surface area contributed by atoms with E-state index < -0.39 is 0 Å². The largest absolute Gasteiger partial charge is 0.493 e. The van der Waals surface area contributed by atoms with Crippen molar-refractivity contribution >= 4 is 34.9 Å². The first-order valence-electron chi connectivity index (χ1n) is 8.52. The summed E-state index contributed by atoms with van der Waals surface area (Å²) in [5.74, 6) is 0.00449. The summed E-state index contributed by atoms with van der Waals surface area (Å²) in [6.45, 7) is 2.46. The standard InChI is InChI=1S/C21H18N2O2S/c1-2-15-9-6-10-17-16(12-22-19(15)17)11-18-20(24)23(21(25)26-18)13-14-7-4-3-5-8-14/h3-12,24H,2,13H2,1H3/b16-11+. The van der Waals surface area contributed by atoms with Gasteiger partial charge in [0, 0.05) is 17.4 Å². The summed E-state index contributed by atoms with van der Waals surface area (Å²) in [4.78, 5) is 17.2. The highest BCUT2D eigenvalue weighted by Gasteiger charge is 2.18. The van der Waals surface area contributed by atoms with Gasteiger partial charge in [0.1, 0.15) is 0 Å². The van der Waals surface area contributed by atoms with Crippen LogP contribution in [0.1, 0.15) is 28.5 Å². The monoisotopic (exact) mass is 362 g/mol. The number of benzene rings is 2. The Morgan fingerprint density at radius 1 is 1.15 bits per heavy atom. The highest BCUT2D eigenvalue weighted by atomic mass is 32.1. The number of aromatic hydroxyl groups is 1. The first-order valence-corrected chi connectivity index (χ1v) is 9.33. The molecule has 2 heterocycles. The quantitative estimate of drug-likeness (QED) is 0.744. The van der Waals surface area contributed by atoms with Gasteiger partial charge in [0.25, 0.3) is 0 Å². The Labute approximate surface area is 155 Å². The normalized spacial score (nSPS) is 14.1. The van der Waals surface area contributed by atoms with Crippen molar-refractivity contribution < 1.29 is 5.11 Å². The Kier molecular flexibility index (Phi) is 4.31. The third-order valence-corrected chi connectivity index (χ3v) is 5.42. The molecule has 3 aromatic rings. The van der Waals surface area contributed by atoms with Gasteiger partial charge in [0.05, 0.1) is 17.1 Å². The van der Waals surface area contributed by atoms with E-state index in [4.69, 9.17) is 0 Å². The number of thiazole rings is 1. The van der Waals surface area contributed by atoms with Gasteiger partial charge >= 0.3 is 4.87 Å². The van der Waals surface area contributed by atoms with Gasteiger partial charge in [-0.1, -0.05) is 66.8 Å². The maximum absolute atomic E-state index is 12.3. The zero-order valence-corrected chi connectivity index (χ0v) is 15.2. The number of para-hydroxylation sites is 1. The molecule has 1 aliphatic rings. The van der Waals surface area contributed by atoms with Crippen molar-refractivity contribution in [3.8, 4) is 5.88 Å². The van der Waals surface area contributed by atoms with Gasteiger partial charge in [-0.15, -0.1) is 0 Å². The fourth-order valence-electron chi connectivity index (χ4n) is 3.14. The van der Waals surface area contributed by atoms with Crippen molar-refractivity contribution in [3.05, 3.63) is 79.8 Å². The fourth-order valence-corrected chi connectivity index (χ4v) is 3.97. The van der Waals surface area contributed by atoms with Crippen molar-refractivity contribution in [2.75, 3.05) is 0 Å². The summed E-state index contributed by atoms with van der Waals surface area (Å²) in [5.41, 5.74) is 5.11. The van der Waals surface area contributed by atoms with E-state index in [2.05, 4.69) is 18.0 Å². The predicted octanol–water partition coefficient (Wildman–Crippen LogP) is 4.48.